The minimum atomic E-state index is -4.45. The maximum atomic E-state index is 13.3. The molecule has 3 aromatic carbocycles. The molecule has 0 saturated carbocycles. The Labute approximate surface area is 182 Å². The summed E-state index contributed by atoms with van der Waals surface area (Å²) in [7, 11) is 0. The standard InChI is InChI=1S/C22H14BrF3N2OS/c23-17-10-11-18-19(12-17)30-21(27-18)28(13-14-4-2-1-3-5-14)20(29)15-6-8-16(9-7-15)22(24,25)26/h1-12H,13H2. The molecule has 4 aromatic rings. The van der Waals surface area contributed by atoms with Crippen molar-refractivity contribution in [1.29, 1.82) is 0 Å². The van der Waals surface area contributed by atoms with E-state index in [1.54, 1.807) is 0 Å². The summed E-state index contributed by atoms with van der Waals surface area (Å²) >= 11 is 4.78. The Morgan fingerprint density at radius 3 is 2.37 bits per heavy atom. The van der Waals surface area contributed by atoms with Crippen LogP contribution in [-0.4, -0.2) is 10.9 Å². The highest BCUT2D eigenvalue weighted by Gasteiger charge is 2.31. The first-order chi connectivity index (χ1) is 14.3. The second-order valence-corrected chi connectivity index (χ2v) is 8.49. The Balaban J connectivity index is 1.73. The number of rotatable bonds is 4. The molecule has 1 heterocycles. The van der Waals surface area contributed by atoms with Gasteiger partial charge in [0.1, 0.15) is 0 Å². The van der Waals surface area contributed by atoms with Crippen LogP contribution in [0.3, 0.4) is 0 Å². The fourth-order valence-corrected chi connectivity index (χ4v) is 4.47. The van der Waals surface area contributed by atoms with Gasteiger partial charge >= 0.3 is 6.18 Å². The summed E-state index contributed by atoms with van der Waals surface area (Å²) in [6.07, 6.45) is -4.45. The van der Waals surface area contributed by atoms with Crippen LogP contribution in [0.15, 0.2) is 77.3 Å². The molecule has 3 nitrogen and oxygen atoms in total. The highest BCUT2D eigenvalue weighted by atomic mass is 79.9. The lowest BCUT2D eigenvalue weighted by Crippen LogP contribution is -2.30. The maximum absolute atomic E-state index is 13.3. The first kappa shape index (κ1) is 20.6. The molecule has 0 fully saturated rings. The molecule has 0 saturated heterocycles. The van der Waals surface area contributed by atoms with Crippen molar-refractivity contribution in [3.63, 3.8) is 0 Å². The molecule has 0 atom stereocenters. The minimum Gasteiger partial charge on any atom is -0.279 e. The normalized spacial score (nSPS) is 11.6. The molecule has 1 aromatic heterocycles. The monoisotopic (exact) mass is 490 g/mol. The van der Waals surface area contributed by atoms with Crippen molar-refractivity contribution in [2.45, 2.75) is 12.7 Å². The van der Waals surface area contributed by atoms with E-state index in [1.807, 2.05) is 48.5 Å². The van der Waals surface area contributed by atoms with Gasteiger partial charge in [-0.1, -0.05) is 57.6 Å². The van der Waals surface area contributed by atoms with Gasteiger partial charge in [-0.25, -0.2) is 4.98 Å². The third-order valence-corrected chi connectivity index (χ3v) is 5.99. The molecule has 4 rings (SSSR count). The van der Waals surface area contributed by atoms with Crippen LogP contribution < -0.4 is 4.90 Å². The van der Waals surface area contributed by atoms with Gasteiger partial charge < -0.3 is 0 Å². The Morgan fingerprint density at radius 2 is 1.70 bits per heavy atom. The summed E-state index contributed by atoms with van der Waals surface area (Å²) in [5.41, 5.74) is 1.01. The van der Waals surface area contributed by atoms with Gasteiger partial charge in [-0.15, -0.1) is 0 Å². The predicted molar refractivity (Wildman–Crippen MR) is 116 cm³/mol. The van der Waals surface area contributed by atoms with E-state index in [0.717, 1.165) is 32.4 Å². The molecule has 8 heteroatoms. The third-order valence-electron chi connectivity index (χ3n) is 4.46. The van der Waals surface area contributed by atoms with Gasteiger partial charge in [0.2, 0.25) is 0 Å². The quantitative estimate of drug-likeness (QED) is 0.310. The van der Waals surface area contributed by atoms with Crippen LogP contribution in [0.5, 0.6) is 0 Å². The van der Waals surface area contributed by atoms with Crippen molar-refractivity contribution in [3.05, 3.63) is 94.0 Å². The van der Waals surface area contributed by atoms with Crippen LogP contribution in [-0.2, 0) is 12.7 Å². The van der Waals surface area contributed by atoms with Crippen LogP contribution in [0.1, 0.15) is 21.5 Å². The average Bonchev–Trinajstić information content (AvgIpc) is 3.14. The number of nitrogens with zero attached hydrogens (tertiary/aromatic N) is 2. The van der Waals surface area contributed by atoms with Crippen molar-refractivity contribution in [2.24, 2.45) is 0 Å². The number of amides is 1. The zero-order valence-corrected chi connectivity index (χ0v) is 17.8. The van der Waals surface area contributed by atoms with Crippen LogP contribution in [0.2, 0.25) is 0 Å². The first-order valence-electron chi connectivity index (χ1n) is 8.90. The van der Waals surface area contributed by atoms with Crippen molar-refractivity contribution < 1.29 is 18.0 Å². The minimum absolute atomic E-state index is 0.166. The molecule has 0 aliphatic heterocycles. The van der Waals surface area contributed by atoms with E-state index < -0.39 is 17.6 Å². The van der Waals surface area contributed by atoms with Gasteiger partial charge in [0.05, 0.1) is 22.3 Å². The molecule has 0 bridgehead atoms. The lowest BCUT2D eigenvalue weighted by atomic mass is 10.1. The second-order valence-electron chi connectivity index (χ2n) is 6.56. The SMILES string of the molecule is O=C(c1ccc(C(F)(F)F)cc1)N(Cc1ccccc1)c1nc2ccc(Br)cc2s1. The molecule has 0 radical (unpaired) electrons. The Morgan fingerprint density at radius 1 is 1.00 bits per heavy atom. The van der Waals surface area contributed by atoms with Crippen LogP contribution in [0.25, 0.3) is 10.2 Å². The summed E-state index contributed by atoms with van der Waals surface area (Å²) in [4.78, 5) is 19.3. The van der Waals surface area contributed by atoms with Crippen molar-refractivity contribution >= 4 is 48.5 Å². The van der Waals surface area contributed by atoms with E-state index in [2.05, 4.69) is 20.9 Å². The molecular weight excluding hydrogens is 477 g/mol. The summed E-state index contributed by atoms with van der Waals surface area (Å²) in [5, 5.41) is 0.483. The number of hydrogen-bond acceptors (Lipinski definition) is 3. The third kappa shape index (κ3) is 4.39. The van der Waals surface area contributed by atoms with E-state index in [-0.39, 0.29) is 12.1 Å². The van der Waals surface area contributed by atoms with Crippen LogP contribution in [0.4, 0.5) is 18.3 Å². The largest absolute Gasteiger partial charge is 0.416 e. The van der Waals surface area contributed by atoms with Crippen molar-refractivity contribution in [3.8, 4) is 0 Å². The van der Waals surface area contributed by atoms with E-state index in [9.17, 15) is 18.0 Å². The van der Waals surface area contributed by atoms with E-state index in [4.69, 9.17) is 0 Å². The van der Waals surface area contributed by atoms with Gasteiger partial charge in [0.15, 0.2) is 5.13 Å². The molecule has 30 heavy (non-hydrogen) atoms. The summed E-state index contributed by atoms with van der Waals surface area (Å²) in [6, 6.07) is 19.3. The van der Waals surface area contributed by atoms with Gasteiger partial charge in [-0.05, 0) is 48.0 Å². The Bertz CT molecular complexity index is 1190. The molecule has 1 amide bonds. The molecule has 0 aliphatic rings. The second kappa shape index (κ2) is 8.20. The fraction of sp³-hybridized carbons (Fsp3) is 0.0909. The number of aromatic nitrogens is 1. The number of halogens is 4. The van der Waals surface area contributed by atoms with E-state index >= 15 is 0 Å². The van der Waals surface area contributed by atoms with Gasteiger partial charge in [0.25, 0.3) is 5.91 Å². The molecule has 0 N–H and O–H groups in total. The Kier molecular flexibility index (Phi) is 5.62. The number of benzene rings is 3. The fourth-order valence-electron chi connectivity index (χ4n) is 2.95. The number of fused-ring (bicyclic) bond motifs is 1. The van der Waals surface area contributed by atoms with E-state index in [1.165, 1.54) is 28.4 Å². The highest BCUT2D eigenvalue weighted by molar-refractivity contribution is 9.10. The number of carbonyl (C=O) groups is 1. The van der Waals surface area contributed by atoms with Gasteiger partial charge in [-0.3, -0.25) is 9.69 Å². The Hall–Kier alpha value is -2.71. The van der Waals surface area contributed by atoms with Crippen molar-refractivity contribution in [1.82, 2.24) is 4.98 Å². The topological polar surface area (TPSA) is 33.2 Å². The van der Waals surface area contributed by atoms with Gasteiger partial charge in [0, 0.05) is 10.0 Å². The number of alkyl halides is 3. The zero-order chi connectivity index (χ0) is 21.3. The lowest BCUT2D eigenvalue weighted by Gasteiger charge is -2.20. The molecular formula is C22H14BrF3N2OS. The van der Waals surface area contributed by atoms with E-state index in [0.29, 0.717) is 5.13 Å². The molecule has 0 aliphatic carbocycles. The number of carbonyl (C=O) groups excluding carboxylic acids is 1. The number of anilines is 1. The number of hydrogen-bond donors (Lipinski definition) is 0. The highest BCUT2D eigenvalue weighted by Crippen LogP contribution is 2.33. The summed E-state index contributed by atoms with van der Waals surface area (Å²) in [6.45, 7) is 0.252. The van der Waals surface area contributed by atoms with Crippen LogP contribution in [0, 0.1) is 0 Å². The molecule has 152 valence electrons. The molecule has 0 unspecified atom stereocenters. The summed E-state index contributed by atoms with van der Waals surface area (Å²) in [5.74, 6) is -0.411. The smallest absolute Gasteiger partial charge is 0.279 e. The zero-order valence-electron chi connectivity index (χ0n) is 15.4. The van der Waals surface area contributed by atoms with Gasteiger partial charge in [-0.2, -0.15) is 13.2 Å². The average molecular weight is 491 g/mol. The maximum Gasteiger partial charge on any atom is 0.416 e. The first-order valence-corrected chi connectivity index (χ1v) is 10.5. The molecule has 0 spiro atoms. The summed E-state index contributed by atoms with van der Waals surface area (Å²) < 4.78 is 40.4. The lowest BCUT2D eigenvalue weighted by molar-refractivity contribution is -0.137. The number of thiazole rings is 1. The van der Waals surface area contributed by atoms with Crippen molar-refractivity contribution in [2.75, 3.05) is 4.90 Å². The van der Waals surface area contributed by atoms with Crippen LogP contribution >= 0.6 is 27.3 Å². The predicted octanol–water partition coefficient (Wildman–Crippen LogP) is 6.92.